The van der Waals surface area contributed by atoms with Gasteiger partial charge in [0.1, 0.15) is 13.2 Å². The van der Waals surface area contributed by atoms with Gasteiger partial charge >= 0.3 is 12.2 Å². The summed E-state index contributed by atoms with van der Waals surface area (Å²) in [4.78, 5) is 54.6. The minimum atomic E-state index is -0.772. The Labute approximate surface area is 282 Å². The lowest BCUT2D eigenvalue weighted by Crippen LogP contribution is -2.36. The van der Waals surface area contributed by atoms with E-state index in [1.165, 1.54) is 0 Å². The summed E-state index contributed by atoms with van der Waals surface area (Å²) < 4.78 is 10.7. The average molecular weight is 670 g/mol. The Kier molecular flexibility index (Phi) is 19.9. The van der Waals surface area contributed by atoms with E-state index < -0.39 is 18.3 Å². The summed E-state index contributed by atoms with van der Waals surface area (Å²) in [7, 11) is 0. The van der Waals surface area contributed by atoms with Crippen LogP contribution in [-0.2, 0) is 32.3 Å². The molecule has 1 atom stereocenters. The lowest BCUT2D eigenvalue weighted by molar-refractivity contribution is -0.123. The number of unbranched alkanes of at least 4 members (excludes halogenated alkanes) is 2. The van der Waals surface area contributed by atoms with E-state index in [2.05, 4.69) is 20.9 Å². The first-order chi connectivity index (χ1) is 23.2. The van der Waals surface area contributed by atoms with E-state index in [0.29, 0.717) is 71.2 Å². The number of carbonyl (C=O) groups excluding carboxylic acids is 4. The molecule has 14 nitrogen and oxygen atoms in total. The Morgan fingerprint density at radius 1 is 0.729 bits per heavy atom. The highest BCUT2D eigenvalue weighted by Gasteiger charge is 2.16. The predicted molar refractivity (Wildman–Crippen MR) is 182 cm³/mol. The lowest BCUT2D eigenvalue weighted by atomic mass is 10.1. The van der Waals surface area contributed by atoms with E-state index >= 15 is 0 Å². The molecule has 0 radical (unpaired) electrons. The molecule has 0 aliphatic carbocycles. The fourth-order valence-corrected chi connectivity index (χ4v) is 4.49. The minimum Gasteiger partial charge on any atom is -0.445 e. The summed E-state index contributed by atoms with van der Waals surface area (Å²) in [6.45, 7) is 2.46. The van der Waals surface area contributed by atoms with E-state index in [1.54, 1.807) is 4.90 Å². The van der Waals surface area contributed by atoms with Gasteiger partial charge in [0, 0.05) is 45.7 Å². The van der Waals surface area contributed by atoms with Gasteiger partial charge in [0.25, 0.3) is 0 Å². The molecule has 0 saturated carbocycles. The highest BCUT2D eigenvalue weighted by molar-refractivity contribution is 5.79. The van der Waals surface area contributed by atoms with Gasteiger partial charge < -0.3 is 46.9 Å². The van der Waals surface area contributed by atoms with Crippen molar-refractivity contribution >= 4 is 30.0 Å². The van der Waals surface area contributed by atoms with Gasteiger partial charge in [-0.3, -0.25) is 14.6 Å². The number of hydrogen-bond donors (Lipinski definition) is 6. The van der Waals surface area contributed by atoms with Crippen LogP contribution in [0.5, 0.6) is 0 Å². The first-order valence-electron chi connectivity index (χ1n) is 16.4. The number of alkyl carbamates (subject to hydrolysis) is 1. The molecule has 0 bridgehead atoms. The normalized spacial score (nSPS) is 11.1. The molecule has 2 aromatic carbocycles. The molecule has 0 aliphatic heterocycles. The summed E-state index contributed by atoms with van der Waals surface area (Å²) in [5.74, 6) is -0.502. The van der Waals surface area contributed by atoms with Gasteiger partial charge in [0.15, 0.2) is 5.96 Å². The summed E-state index contributed by atoms with van der Waals surface area (Å²) in [5, 5.41) is 18.2. The molecule has 48 heavy (non-hydrogen) atoms. The molecule has 8 N–H and O–H groups in total. The van der Waals surface area contributed by atoms with Crippen molar-refractivity contribution in [3.05, 3.63) is 71.8 Å². The monoisotopic (exact) mass is 669 g/mol. The third-order valence-corrected chi connectivity index (χ3v) is 7.06. The van der Waals surface area contributed by atoms with Crippen LogP contribution in [0, 0.1) is 0 Å². The number of nitrogens with one attached hydrogen (secondary N) is 3. The second-order valence-electron chi connectivity index (χ2n) is 11.2. The van der Waals surface area contributed by atoms with Gasteiger partial charge in [-0.25, -0.2) is 9.59 Å². The number of carbonyl (C=O) groups is 4. The number of nitrogens with two attached hydrogens (primary N) is 2. The number of rotatable bonds is 23. The number of benzene rings is 2. The van der Waals surface area contributed by atoms with E-state index in [0.717, 1.165) is 11.1 Å². The minimum absolute atomic E-state index is 0.0273. The van der Waals surface area contributed by atoms with Crippen LogP contribution in [0.1, 0.15) is 62.5 Å². The van der Waals surface area contributed by atoms with Crippen molar-refractivity contribution in [2.45, 2.75) is 70.7 Å². The van der Waals surface area contributed by atoms with Gasteiger partial charge in [-0.1, -0.05) is 60.7 Å². The van der Waals surface area contributed by atoms with Gasteiger partial charge in [0.05, 0.1) is 12.5 Å². The second-order valence-corrected chi connectivity index (χ2v) is 11.2. The molecule has 4 amide bonds. The van der Waals surface area contributed by atoms with Crippen molar-refractivity contribution in [2.75, 3.05) is 39.3 Å². The number of nitrogens with zero attached hydrogens (tertiary/aromatic N) is 2. The molecule has 14 heteroatoms. The maximum Gasteiger partial charge on any atom is 0.410 e. The maximum atomic E-state index is 12.9. The second kappa shape index (κ2) is 24.3. The Morgan fingerprint density at radius 2 is 1.33 bits per heavy atom. The van der Waals surface area contributed by atoms with Crippen LogP contribution in [0.3, 0.4) is 0 Å². The van der Waals surface area contributed by atoms with Gasteiger partial charge in [-0.05, 0) is 49.7 Å². The van der Waals surface area contributed by atoms with E-state index in [1.807, 2.05) is 60.7 Å². The lowest BCUT2D eigenvalue weighted by Gasteiger charge is -2.22. The zero-order chi connectivity index (χ0) is 34.8. The number of ether oxygens (including phenoxy) is 2. The number of guanidine groups is 1. The van der Waals surface area contributed by atoms with Crippen molar-refractivity contribution < 1.29 is 33.8 Å². The van der Waals surface area contributed by atoms with Crippen LogP contribution < -0.4 is 27.4 Å². The molecule has 264 valence electrons. The molecule has 0 spiro atoms. The van der Waals surface area contributed by atoms with Crippen LogP contribution in [0.25, 0.3) is 0 Å². The molecule has 2 aromatic rings. The largest absolute Gasteiger partial charge is 0.445 e. The third kappa shape index (κ3) is 19.6. The highest BCUT2D eigenvalue weighted by Crippen LogP contribution is 2.07. The van der Waals surface area contributed by atoms with Crippen LogP contribution in [-0.4, -0.2) is 85.3 Å². The molecule has 2 rings (SSSR count). The van der Waals surface area contributed by atoms with Crippen molar-refractivity contribution in [1.29, 1.82) is 0 Å². The Morgan fingerprint density at radius 3 is 2.00 bits per heavy atom. The molecular formula is C34H51N7O7. The summed E-state index contributed by atoms with van der Waals surface area (Å²) in [6, 6.07) is 18.8. The number of aliphatic imine (C=N–C) groups is 1. The SMILES string of the molecule is NC(N)=NCCCCC(O)CC(=O)NCCC(=O)NCCCCN(CCCNC(=O)OCc1ccccc1)C(=O)OCc1ccccc1. The summed E-state index contributed by atoms with van der Waals surface area (Å²) in [5.41, 5.74) is 12.3. The van der Waals surface area contributed by atoms with Gasteiger partial charge in [-0.2, -0.15) is 0 Å². The zero-order valence-electron chi connectivity index (χ0n) is 27.6. The number of aliphatic hydroxyl groups is 1. The molecule has 1 unspecified atom stereocenters. The fraction of sp³-hybridized carbons (Fsp3) is 0.500. The zero-order valence-corrected chi connectivity index (χ0v) is 27.6. The first kappa shape index (κ1) is 39.3. The molecule has 0 saturated heterocycles. The average Bonchev–Trinajstić information content (AvgIpc) is 3.07. The third-order valence-electron chi connectivity index (χ3n) is 7.06. The van der Waals surface area contributed by atoms with E-state index in [-0.39, 0.29) is 50.4 Å². The number of aliphatic hydroxyl groups excluding tert-OH is 1. The highest BCUT2D eigenvalue weighted by atomic mass is 16.6. The Hall–Kier alpha value is -4.85. The Balaban J connectivity index is 1.63. The Bertz CT molecular complexity index is 1240. The smallest absolute Gasteiger partial charge is 0.410 e. The van der Waals surface area contributed by atoms with Crippen molar-refractivity contribution in [3.8, 4) is 0 Å². The van der Waals surface area contributed by atoms with Crippen LogP contribution >= 0.6 is 0 Å². The van der Waals surface area contributed by atoms with E-state index in [4.69, 9.17) is 20.9 Å². The van der Waals surface area contributed by atoms with Crippen molar-refractivity contribution in [3.63, 3.8) is 0 Å². The maximum absolute atomic E-state index is 12.9. The summed E-state index contributed by atoms with van der Waals surface area (Å²) in [6.07, 6.45) is 1.90. The molecule has 0 fully saturated rings. The number of hydrogen-bond acceptors (Lipinski definition) is 8. The van der Waals surface area contributed by atoms with E-state index in [9.17, 15) is 24.3 Å². The molecular weight excluding hydrogens is 618 g/mol. The first-order valence-corrected chi connectivity index (χ1v) is 16.4. The topological polar surface area (TPSA) is 211 Å². The van der Waals surface area contributed by atoms with Gasteiger partial charge in [0.2, 0.25) is 11.8 Å². The standard InChI is InChI=1S/C34H51N7O7/c35-32(36)39-19-8-7-16-29(42)24-31(44)38-21-17-30(43)37-18-9-10-22-41(34(46)48-26-28-14-5-2-6-15-28)23-11-20-40-33(45)47-25-27-12-3-1-4-13-27/h1-6,12-15,29,42H,7-11,16-26H2,(H,37,43)(H,38,44)(H,40,45)(H4,35,36,39). The number of amides is 4. The quantitative estimate of drug-likeness (QED) is 0.0582. The van der Waals surface area contributed by atoms with Crippen LogP contribution in [0.15, 0.2) is 65.7 Å². The van der Waals surface area contributed by atoms with Crippen LogP contribution in [0.4, 0.5) is 9.59 Å². The van der Waals surface area contributed by atoms with Gasteiger partial charge in [-0.15, -0.1) is 0 Å². The van der Waals surface area contributed by atoms with Crippen molar-refractivity contribution in [1.82, 2.24) is 20.9 Å². The summed E-state index contributed by atoms with van der Waals surface area (Å²) >= 11 is 0. The van der Waals surface area contributed by atoms with Crippen LogP contribution in [0.2, 0.25) is 0 Å². The molecule has 0 aliphatic rings. The van der Waals surface area contributed by atoms with Crippen molar-refractivity contribution in [2.24, 2.45) is 16.5 Å². The molecule has 0 heterocycles. The predicted octanol–water partition coefficient (Wildman–Crippen LogP) is 2.54. The molecule has 0 aromatic heterocycles. The fourth-order valence-electron chi connectivity index (χ4n) is 4.49.